The third-order valence-corrected chi connectivity index (χ3v) is 10.4. The Morgan fingerprint density at radius 1 is 0.277 bits per heavy atom. The molecule has 216 valence electrons. The highest BCUT2D eigenvalue weighted by Gasteiger charge is 2.22. The molecule has 47 heavy (non-hydrogen) atoms. The first-order chi connectivity index (χ1) is 23.3. The summed E-state index contributed by atoms with van der Waals surface area (Å²) in [5.74, 6) is 1.83. The summed E-state index contributed by atoms with van der Waals surface area (Å²) in [5, 5.41) is 15.3. The number of ether oxygens (including phenoxy) is 1. The van der Waals surface area contributed by atoms with E-state index >= 15 is 0 Å². The SMILES string of the molecule is c1cc(-c2ccc3ccc4cccc5ccc2c3c45)c2ccc(-c3ccc4c(c3)-c3cccc5c3c(cc3ccccc35)O4)cc2c1. The van der Waals surface area contributed by atoms with E-state index in [1.54, 1.807) is 0 Å². The maximum Gasteiger partial charge on any atom is 0.136 e. The fraction of sp³-hybridized carbons (Fsp3) is 0. The largest absolute Gasteiger partial charge is 0.456 e. The van der Waals surface area contributed by atoms with Gasteiger partial charge in [0.1, 0.15) is 11.5 Å². The molecule has 0 N–H and O–H groups in total. The first-order valence-electron chi connectivity index (χ1n) is 16.3. The van der Waals surface area contributed by atoms with E-state index in [0.29, 0.717) is 0 Å². The second kappa shape index (κ2) is 9.19. The summed E-state index contributed by atoms with van der Waals surface area (Å²) in [6.45, 7) is 0. The Labute approximate surface area is 271 Å². The second-order valence-electron chi connectivity index (χ2n) is 12.8. The maximum atomic E-state index is 6.56. The van der Waals surface area contributed by atoms with Gasteiger partial charge in [-0.1, -0.05) is 133 Å². The Morgan fingerprint density at radius 2 is 0.894 bits per heavy atom. The topological polar surface area (TPSA) is 9.23 Å². The Bertz CT molecular complexity index is 2910. The maximum absolute atomic E-state index is 6.56. The van der Waals surface area contributed by atoms with Crippen molar-refractivity contribution < 1.29 is 4.74 Å². The molecule has 1 heteroatoms. The molecular weight excluding hydrogens is 569 g/mol. The lowest BCUT2D eigenvalue weighted by atomic mass is 9.87. The second-order valence-corrected chi connectivity index (χ2v) is 12.8. The van der Waals surface area contributed by atoms with E-state index in [0.717, 1.165) is 17.1 Å². The molecule has 1 nitrogen and oxygen atoms in total. The van der Waals surface area contributed by atoms with E-state index in [2.05, 4.69) is 158 Å². The monoisotopic (exact) mass is 594 g/mol. The van der Waals surface area contributed by atoms with Crippen LogP contribution in [0.5, 0.6) is 11.5 Å². The van der Waals surface area contributed by atoms with Crippen molar-refractivity contribution in [3.63, 3.8) is 0 Å². The fourth-order valence-corrected chi connectivity index (χ4v) is 8.22. The van der Waals surface area contributed by atoms with Gasteiger partial charge in [-0.2, -0.15) is 0 Å². The van der Waals surface area contributed by atoms with Crippen LogP contribution < -0.4 is 4.74 Å². The van der Waals surface area contributed by atoms with Gasteiger partial charge in [-0.05, 0) is 111 Å². The van der Waals surface area contributed by atoms with Gasteiger partial charge in [-0.3, -0.25) is 0 Å². The molecule has 0 unspecified atom stereocenters. The molecule has 0 spiro atoms. The lowest BCUT2D eigenvalue weighted by Crippen LogP contribution is -1.98. The molecule has 0 amide bonds. The van der Waals surface area contributed by atoms with Gasteiger partial charge in [0.05, 0.1) is 0 Å². The molecule has 0 aromatic heterocycles. The standard InChI is InChI=1S/C46H26O/c1-2-10-34-33(6-1)26-43-46-38(34)12-5-13-39(46)41-25-31(19-23-42(41)47-43)30-18-20-35-32(24-30)9-4-11-36(35)37-21-16-29-15-14-27-7-3-8-28-17-22-40(37)45(29)44(27)28/h1-26H. The minimum atomic E-state index is 0.904. The molecule has 0 fully saturated rings. The molecule has 1 heterocycles. The van der Waals surface area contributed by atoms with Crippen molar-refractivity contribution in [2.24, 2.45) is 0 Å². The van der Waals surface area contributed by atoms with Gasteiger partial charge in [0.15, 0.2) is 0 Å². The lowest BCUT2D eigenvalue weighted by Gasteiger charge is -2.23. The Balaban J connectivity index is 1.06. The summed E-state index contributed by atoms with van der Waals surface area (Å²) in [5.41, 5.74) is 7.29. The zero-order chi connectivity index (χ0) is 30.6. The van der Waals surface area contributed by atoms with E-state index in [9.17, 15) is 0 Å². The molecule has 0 saturated carbocycles. The lowest BCUT2D eigenvalue weighted by molar-refractivity contribution is 0.488. The van der Waals surface area contributed by atoms with Crippen LogP contribution in [-0.4, -0.2) is 0 Å². The van der Waals surface area contributed by atoms with E-state index in [1.165, 1.54) is 92.5 Å². The van der Waals surface area contributed by atoms with Crippen molar-refractivity contribution in [1.82, 2.24) is 0 Å². The molecule has 10 aromatic carbocycles. The number of hydrogen-bond acceptors (Lipinski definition) is 1. The molecule has 0 saturated heterocycles. The predicted molar refractivity (Wildman–Crippen MR) is 199 cm³/mol. The first kappa shape index (κ1) is 25.1. The Morgan fingerprint density at radius 3 is 1.83 bits per heavy atom. The predicted octanol–water partition coefficient (Wildman–Crippen LogP) is 13.2. The van der Waals surface area contributed by atoms with Gasteiger partial charge >= 0.3 is 0 Å². The zero-order valence-corrected chi connectivity index (χ0v) is 25.4. The van der Waals surface area contributed by atoms with Crippen molar-refractivity contribution in [2.45, 2.75) is 0 Å². The normalized spacial score (nSPS) is 12.4. The van der Waals surface area contributed by atoms with Crippen LogP contribution in [0.4, 0.5) is 0 Å². The third-order valence-electron chi connectivity index (χ3n) is 10.4. The third kappa shape index (κ3) is 3.49. The average molecular weight is 595 g/mol. The van der Waals surface area contributed by atoms with Crippen LogP contribution in [0.3, 0.4) is 0 Å². The van der Waals surface area contributed by atoms with Crippen LogP contribution in [0.2, 0.25) is 0 Å². The van der Waals surface area contributed by atoms with E-state index in [1.807, 2.05) is 0 Å². The van der Waals surface area contributed by atoms with Crippen LogP contribution in [0.15, 0.2) is 158 Å². The van der Waals surface area contributed by atoms with Crippen LogP contribution in [-0.2, 0) is 0 Å². The smallest absolute Gasteiger partial charge is 0.136 e. The van der Waals surface area contributed by atoms with Gasteiger partial charge in [-0.15, -0.1) is 0 Å². The Hall–Kier alpha value is -6.18. The summed E-state index contributed by atoms with van der Waals surface area (Å²) in [4.78, 5) is 0. The van der Waals surface area contributed by atoms with E-state index in [4.69, 9.17) is 4.74 Å². The van der Waals surface area contributed by atoms with Crippen molar-refractivity contribution in [1.29, 1.82) is 0 Å². The molecule has 0 aliphatic carbocycles. The summed E-state index contributed by atoms with van der Waals surface area (Å²) in [6, 6.07) is 57.9. The highest BCUT2D eigenvalue weighted by molar-refractivity contribution is 6.26. The van der Waals surface area contributed by atoms with Crippen molar-refractivity contribution in [3.05, 3.63) is 158 Å². The van der Waals surface area contributed by atoms with E-state index in [-0.39, 0.29) is 0 Å². The van der Waals surface area contributed by atoms with E-state index < -0.39 is 0 Å². The van der Waals surface area contributed by atoms with Crippen LogP contribution in [0.25, 0.3) is 98.0 Å². The summed E-state index contributed by atoms with van der Waals surface area (Å²) < 4.78 is 6.56. The number of hydrogen-bond donors (Lipinski definition) is 0. The van der Waals surface area contributed by atoms with Crippen molar-refractivity contribution in [2.75, 3.05) is 0 Å². The highest BCUT2D eigenvalue weighted by atomic mass is 16.5. The minimum absolute atomic E-state index is 0.904. The van der Waals surface area contributed by atoms with Crippen LogP contribution in [0.1, 0.15) is 0 Å². The van der Waals surface area contributed by atoms with Gasteiger partial charge in [0, 0.05) is 10.9 Å². The van der Waals surface area contributed by atoms with Gasteiger partial charge < -0.3 is 4.74 Å². The summed E-state index contributed by atoms with van der Waals surface area (Å²) in [7, 11) is 0. The molecule has 1 aliphatic heterocycles. The first-order valence-corrected chi connectivity index (χ1v) is 16.3. The number of fused-ring (bicyclic) bond motifs is 5. The number of rotatable bonds is 2. The molecule has 10 aromatic rings. The number of benzene rings is 10. The minimum Gasteiger partial charge on any atom is -0.456 e. The van der Waals surface area contributed by atoms with Gasteiger partial charge in [-0.25, -0.2) is 0 Å². The van der Waals surface area contributed by atoms with Gasteiger partial charge in [0.2, 0.25) is 0 Å². The van der Waals surface area contributed by atoms with Crippen LogP contribution in [0, 0.1) is 0 Å². The summed E-state index contributed by atoms with van der Waals surface area (Å²) >= 11 is 0. The molecule has 0 atom stereocenters. The molecule has 1 aliphatic rings. The van der Waals surface area contributed by atoms with Crippen LogP contribution >= 0.6 is 0 Å². The average Bonchev–Trinajstić information content (AvgIpc) is 3.13. The van der Waals surface area contributed by atoms with Crippen molar-refractivity contribution >= 4 is 64.6 Å². The molecule has 0 bridgehead atoms. The summed E-state index contributed by atoms with van der Waals surface area (Å²) in [6.07, 6.45) is 0. The fourth-order valence-electron chi connectivity index (χ4n) is 8.22. The molecular formula is C46H26O. The zero-order valence-electron chi connectivity index (χ0n) is 25.4. The highest BCUT2D eigenvalue weighted by Crippen LogP contribution is 2.50. The quantitative estimate of drug-likeness (QED) is 0.181. The molecule has 0 radical (unpaired) electrons. The molecule has 11 rings (SSSR count). The Kier molecular flexibility index (Phi) is 4.90. The van der Waals surface area contributed by atoms with Gasteiger partial charge in [0.25, 0.3) is 0 Å². The van der Waals surface area contributed by atoms with Crippen molar-refractivity contribution in [3.8, 4) is 44.9 Å².